The summed E-state index contributed by atoms with van der Waals surface area (Å²) in [6, 6.07) is 8.76. The minimum Gasteiger partial charge on any atom is -0.699 e. The summed E-state index contributed by atoms with van der Waals surface area (Å²) in [7, 11) is 1.41. The summed E-state index contributed by atoms with van der Waals surface area (Å²) in [6.45, 7) is 4.47. The van der Waals surface area contributed by atoms with Gasteiger partial charge < -0.3 is 25.7 Å². The van der Waals surface area contributed by atoms with Gasteiger partial charge in [0.05, 0.1) is 18.7 Å². The molecule has 4 N–H and O–H groups in total. The second kappa shape index (κ2) is 15.3. The van der Waals surface area contributed by atoms with E-state index in [1.807, 2.05) is 13.0 Å². The maximum atomic E-state index is 12.2. The molecule has 1 aromatic carbocycles. The van der Waals surface area contributed by atoms with Crippen molar-refractivity contribution in [2.24, 2.45) is 5.41 Å². The molecule has 1 aromatic heterocycles. The molecule has 1 spiro atoms. The number of aromatic nitrogens is 1. The largest absolute Gasteiger partial charge is 0.699 e. The molecule has 38 heavy (non-hydrogen) atoms. The second-order valence-electron chi connectivity index (χ2n) is 9.33. The van der Waals surface area contributed by atoms with Crippen LogP contribution in [0.5, 0.6) is 5.88 Å². The first kappa shape index (κ1) is 32.7. The molecule has 1 atom stereocenters. The van der Waals surface area contributed by atoms with Crippen molar-refractivity contribution >= 4 is 40.8 Å². The summed E-state index contributed by atoms with van der Waals surface area (Å²) >= 11 is 11.8. The number of benzene rings is 1. The van der Waals surface area contributed by atoms with Gasteiger partial charge in [0, 0.05) is 64.6 Å². The minimum absolute atomic E-state index is 0. The van der Waals surface area contributed by atoms with Crippen LogP contribution in [-0.4, -0.2) is 65.9 Å². The normalized spacial score (nSPS) is 16.6. The molecule has 1 radical (unpaired) electrons. The molecular weight excluding hydrogens is 610 g/mol. The molecule has 1 saturated heterocycles. The first-order chi connectivity index (χ1) is 17.7. The van der Waals surface area contributed by atoms with Gasteiger partial charge >= 0.3 is 5.97 Å². The van der Waals surface area contributed by atoms with E-state index in [9.17, 15) is 9.59 Å². The first-order valence-corrected chi connectivity index (χ1v) is 12.7. The van der Waals surface area contributed by atoms with E-state index in [0.29, 0.717) is 35.6 Å². The van der Waals surface area contributed by atoms with Crippen LogP contribution in [0.15, 0.2) is 36.5 Å². The molecule has 1 amide bonds. The predicted molar refractivity (Wildman–Crippen MR) is 140 cm³/mol. The molecule has 1 saturated carbocycles. The molecule has 4 rings (SSSR count). The van der Waals surface area contributed by atoms with Crippen LogP contribution in [0.3, 0.4) is 0 Å². The van der Waals surface area contributed by atoms with Gasteiger partial charge in [-0.2, -0.15) is 0 Å². The molecule has 2 heterocycles. The van der Waals surface area contributed by atoms with Crippen LogP contribution in [0.1, 0.15) is 31.7 Å². The molecule has 1 aliphatic carbocycles. The Morgan fingerprint density at radius 1 is 1.29 bits per heavy atom. The van der Waals surface area contributed by atoms with Gasteiger partial charge in [0.15, 0.2) is 6.10 Å². The van der Waals surface area contributed by atoms with Crippen LogP contribution in [-0.2, 0) is 53.6 Å². The molecule has 2 fully saturated rings. The average molecular weight is 642 g/mol. The smallest absolute Gasteiger partial charge is 0.319 e. The average Bonchev–Trinajstić information content (AvgIpc) is 2.83. The number of hydroxylamine groups is 1. The summed E-state index contributed by atoms with van der Waals surface area (Å²) in [5, 5.41) is 12.1. The monoisotopic (exact) mass is 641 g/mol. The Morgan fingerprint density at radius 2 is 2.00 bits per heavy atom. The third kappa shape index (κ3) is 9.29. The maximum absolute atomic E-state index is 12.2. The van der Waals surface area contributed by atoms with Gasteiger partial charge in [-0.1, -0.05) is 54.4 Å². The van der Waals surface area contributed by atoms with Crippen molar-refractivity contribution < 1.29 is 57.0 Å². The van der Waals surface area contributed by atoms with Gasteiger partial charge in [-0.3, -0.25) is 14.5 Å². The zero-order valence-electron chi connectivity index (χ0n) is 21.4. The number of pyridine rings is 1. The predicted octanol–water partition coefficient (Wildman–Crippen LogP) is 4.15. The van der Waals surface area contributed by atoms with Gasteiger partial charge in [-0.25, -0.2) is 10.5 Å². The number of hydrogen-bond acceptors (Lipinski definition) is 8. The maximum Gasteiger partial charge on any atom is 0.319 e. The number of hydrogen-bond donors (Lipinski definition) is 3. The topological polar surface area (TPSA) is 137 Å². The standard InChI is InChI=1S/C16H16Cl2N3O2.C9H16N2O3.Y/c1-2-14(23-16-13(18)7-11(17)9-21-16)15(22)20-8-10-4-3-5-12(19)6-10;1-14-8(12)4-11-5-9(6-11)2-7(3-9)10-13;/h3-7,9,14,19H,2,8H2,1H3,(H,20,22);7,10,13H,2-6H2,1H3;/q-1;;. The molecule has 13 heteroatoms. The van der Waals surface area contributed by atoms with Crippen LogP contribution < -0.4 is 15.5 Å². The third-order valence-electron chi connectivity index (χ3n) is 6.32. The van der Waals surface area contributed by atoms with E-state index < -0.39 is 6.10 Å². The van der Waals surface area contributed by atoms with Crippen LogP contribution in [0.25, 0.3) is 5.73 Å². The molecule has 2 aromatic rings. The fraction of sp³-hybridized carbons (Fsp3) is 0.480. The van der Waals surface area contributed by atoms with E-state index in [4.69, 9.17) is 38.9 Å². The number of carbonyl (C=O) groups is 2. The number of nitrogens with one attached hydrogen (secondary N) is 3. The number of methoxy groups -OCH3 is 1. The number of nitrogens with zero attached hydrogens (tertiary/aromatic N) is 2. The quantitative estimate of drug-likeness (QED) is 0.274. The van der Waals surface area contributed by atoms with Gasteiger partial charge in [-0.05, 0) is 36.3 Å². The number of amides is 1. The van der Waals surface area contributed by atoms with Crippen molar-refractivity contribution in [3.8, 4) is 5.88 Å². The molecule has 205 valence electrons. The second-order valence-corrected chi connectivity index (χ2v) is 10.2. The molecule has 0 bridgehead atoms. The van der Waals surface area contributed by atoms with Gasteiger partial charge in [0.1, 0.15) is 5.02 Å². The van der Waals surface area contributed by atoms with E-state index >= 15 is 0 Å². The number of ether oxygens (including phenoxy) is 2. The summed E-state index contributed by atoms with van der Waals surface area (Å²) in [5.74, 6) is -0.266. The van der Waals surface area contributed by atoms with E-state index in [2.05, 4.69) is 25.4 Å². The molecule has 2 aliphatic rings. The van der Waals surface area contributed by atoms with E-state index in [0.717, 1.165) is 31.5 Å². The van der Waals surface area contributed by atoms with Crippen molar-refractivity contribution in [3.05, 3.63) is 57.9 Å². The van der Waals surface area contributed by atoms with Crippen molar-refractivity contribution in [2.75, 3.05) is 26.7 Å². The Hall–Kier alpha value is -1.53. The zero-order chi connectivity index (χ0) is 27.0. The van der Waals surface area contributed by atoms with Crippen LogP contribution in [0.2, 0.25) is 10.0 Å². The molecule has 1 aliphatic heterocycles. The Kier molecular flexibility index (Phi) is 13.2. The zero-order valence-corrected chi connectivity index (χ0v) is 25.7. The van der Waals surface area contributed by atoms with E-state index in [1.54, 1.807) is 18.2 Å². The van der Waals surface area contributed by atoms with Crippen LogP contribution in [0.4, 0.5) is 5.69 Å². The number of rotatable bonds is 9. The summed E-state index contributed by atoms with van der Waals surface area (Å²) in [4.78, 5) is 29.2. The van der Waals surface area contributed by atoms with Crippen LogP contribution >= 0.6 is 23.2 Å². The first-order valence-electron chi connectivity index (χ1n) is 11.9. The number of likely N-dealkylation sites (tertiary alicyclic amines) is 1. The van der Waals surface area contributed by atoms with Crippen molar-refractivity contribution in [1.82, 2.24) is 20.7 Å². The number of halogens is 2. The fourth-order valence-electron chi connectivity index (χ4n) is 4.53. The Balaban J connectivity index is 0.000000289. The van der Waals surface area contributed by atoms with Crippen molar-refractivity contribution in [3.63, 3.8) is 0 Å². The fourth-order valence-corrected chi connectivity index (χ4v) is 4.95. The molecular formula is C25H32Cl2N5O5Y-. The summed E-state index contributed by atoms with van der Waals surface area (Å²) in [6.07, 6.45) is 3.20. The molecule has 1 unspecified atom stereocenters. The Labute approximate surface area is 257 Å². The number of esters is 1. The molecule has 10 nitrogen and oxygen atoms in total. The Morgan fingerprint density at radius 3 is 2.58 bits per heavy atom. The van der Waals surface area contributed by atoms with Crippen molar-refractivity contribution in [2.45, 2.75) is 44.9 Å². The van der Waals surface area contributed by atoms with Gasteiger partial charge in [-0.15, -0.1) is 5.69 Å². The minimum atomic E-state index is -0.708. The van der Waals surface area contributed by atoms with Gasteiger partial charge in [0.2, 0.25) is 5.88 Å². The van der Waals surface area contributed by atoms with E-state index in [1.165, 1.54) is 19.4 Å². The van der Waals surface area contributed by atoms with Gasteiger partial charge in [0.25, 0.3) is 5.91 Å². The summed E-state index contributed by atoms with van der Waals surface area (Å²) < 4.78 is 10.2. The number of carbonyl (C=O) groups excluding carboxylic acids is 2. The summed E-state index contributed by atoms with van der Waals surface area (Å²) in [5.41, 5.74) is 11.5. The third-order valence-corrected chi connectivity index (χ3v) is 6.80. The SMILES string of the molecule is CCC(Oc1ncc(Cl)cc1Cl)C(=O)NCc1cccc([NH-])c1.COC(=O)CN1CC2(CC(NO)C2)C1.[Y]. The van der Waals surface area contributed by atoms with Crippen LogP contribution in [0, 0.1) is 5.41 Å². The van der Waals surface area contributed by atoms with E-state index in [-0.39, 0.29) is 61.5 Å². The van der Waals surface area contributed by atoms with Crippen molar-refractivity contribution in [1.29, 1.82) is 0 Å². The Bertz CT molecular complexity index is 1080.